The Morgan fingerprint density at radius 1 is 1.25 bits per heavy atom. The first kappa shape index (κ1) is 16.1. The summed E-state index contributed by atoms with van der Waals surface area (Å²) in [6.07, 6.45) is 1.77. The molecule has 3 aromatic rings. The minimum Gasteiger partial charge on any atom is -0.504 e. The summed E-state index contributed by atoms with van der Waals surface area (Å²) in [6.45, 7) is 5.98. The molecule has 2 aromatic carbocycles. The standard InChI is InChI=1S/C19H17NO3S/c1-12-5-4-6-15(9-12)20-13(2)24-18(19(20)22)11-14-7-8-16(21)17(10-14)23-3/h4-11,21H,2H2,1,3H3/b18-11-. The molecule has 0 bridgehead atoms. The normalized spacial score (nSPS) is 11.7. The largest absolute Gasteiger partial charge is 0.504 e. The average Bonchev–Trinajstić information content (AvgIpc) is 2.83. The molecule has 0 unspecified atom stereocenters. The predicted molar refractivity (Wildman–Crippen MR) is 97.7 cm³/mol. The summed E-state index contributed by atoms with van der Waals surface area (Å²) >= 11 is 1.33. The molecule has 5 heteroatoms. The van der Waals surface area contributed by atoms with Gasteiger partial charge in [0.05, 0.1) is 22.0 Å². The average molecular weight is 339 g/mol. The van der Waals surface area contributed by atoms with Crippen LogP contribution in [0.4, 0.5) is 0 Å². The van der Waals surface area contributed by atoms with Gasteiger partial charge in [-0.15, -0.1) is 11.3 Å². The van der Waals surface area contributed by atoms with E-state index >= 15 is 0 Å². The molecular formula is C19H17NO3S. The molecule has 0 aliphatic carbocycles. The lowest BCUT2D eigenvalue weighted by molar-refractivity contribution is 0.373. The molecule has 4 nitrogen and oxygen atoms in total. The van der Waals surface area contributed by atoms with Gasteiger partial charge in [0.25, 0.3) is 5.56 Å². The zero-order valence-electron chi connectivity index (χ0n) is 13.4. The summed E-state index contributed by atoms with van der Waals surface area (Å²) in [6, 6.07) is 12.7. The van der Waals surface area contributed by atoms with E-state index < -0.39 is 0 Å². The van der Waals surface area contributed by atoms with Crippen molar-refractivity contribution in [3.05, 3.63) is 73.1 Å². The summed E-state index contributed by atoms with van der Waals surface area (Å²) in [7, 11) is 1.49. The van der Waals surface area contributed by atoms with Crippen molar-refractivity contribution in [3.63, 3.8) is 0 Å². The number of aromatic hydroxyl groups is 1. The first-order chi connectivity index (χ1) is 11.5. The maximum absolute atomic E-state index is 12.7. The van der Waals surface area contributed by atoms with Gasteiger partial charge < -0.3 is 9.84 Å². The monoisotopic (exact) mass is 339 g/mol. The quantitative estimate of drug-likeness (QED) is 0.796. The van der Waals surface area contributed by atoms with Crippen LogP contribution in [-0.4, -0.2) is 16.8 Å². The fourth-order valence-electron chi connectivity index (χ4n) is 2.49. The molecule has 0 atom stereocenters. The summed E-state index contributed by atoms with van der Waals surface area (Å²) < 4.78 is 7.96. The van der Waals surface area contributed by atoms with Gasteiger partial charge >= 0.3 is 0 Å². The fraction of sp³-hybridized carbons (Fsp3) is 0.105. The number of ether oxygens (including phenoxy) is 1. The second-order valence-electron chi connectivity index (χ2n) is 5.42. The van der Waals surface area contributed by atoms with E-state index in [9.17, 15) is 9.90 Å². The van der Waals surface area contributed by atoms with Gasteiger partial charge in [-0.3, -0.25) is 9.36 Å². The van der Waals surface area contributed by atoms with Crippen molar-refractivity contribution in [2.45, 2.75) is 6.92 Å². The van der Waals surface area contributed by atoms with E-state index in [1.54, 1.807) is 28.8 Å². The molecule has 1 heterocycles. The van der Waals surface area contributed by atoms with Crippen molar-refractivity contribution < 1.29 is 9.84 Å². The zero-order valence-corrected chi connectivity index (χ0v) is 14.3. The second kappa shape index (κ2) is 6.37. The number of aromatic nitrogens is 1. The lowest BCUT2D eigenvalue weighted by Crippen LogP contribution is -2.29. The van der Waals surface area contributed by atoms with Crippen molar-refractivity contribution in [2.75, 3.05) is 7.11 Å². The number of nitrogens with zero attached hydrogens (tertiary/aromatic N) is 1. The van der Waals surface area contributed by atoms with E-state index in [2.05, 4.69) is 6.58 Å². The van der Waals surface area contributed by atoms with E-state index in [0.29, 0.717) is 14.9 Å². The third kappa shape index (κ3) is 2.98. The second-order valence-corrected chi connectivity index (χ2v) is 6.53. The molecule has 0 aliphatic rings. The van der Waals surface area contributed by atoms with Crippen LogP contribution in [0.25, 0.3) is 18.3 Å². The van der Waals surface area contributed by atoms with Gasteiger partial charge in [-0.05, 0) is 48.4 Å². The first-order valence-electron chi connectivity index (χ1n) is 7.36. The Hall–Kier alpha value is -2.79. The number of methoxy groups -OCH3 is 1. The molecule has 0 amide bonds. The van der Waals surface area contributed by atoms with E-state index in [-0.39, 0.29) is 11.3 Å². The van der Waals surface area contributed by atoms with Crippen LogP contribution in [0.3, 0.4) is 0 Å². The van der Waals surface area contributed by atoms with Gasteiger partial charge in [-0.2, -0.15) is 0 Å². The highest BCUT2D eigenvalue weighted by atomic mass is 32.1. The van der Waals surface area contributed by atoms with Crippen LogP contribution >= 0.6 is 11.3 Å². The van der Waals surface area contributed by atoms with Crippen molar-refractivity contribution in [1.29, 1.82) is 0 Å². The Balaban J connectivity index is 2.16. The molecule has 24 heavy (non-hydrogen) atoms. The Kier molecular flexibility index (Phi) is 4.27. The van der Waals surface area contributed by atoms with Crippen LogP contribution in [0.2, 0.25) is 0 Å². The van der Waals surface area contributed by atoms with Gasteiger partial charge in [0.15, 0.2) is 11.5 Å². The molecule has 0 saturated carbocycles. The number of benzene rings is 2. The molecule has 0 saturated heterocycles. The molecule has 1 aromatic heterocycles. The molecule has 0 spiro atoms. The molecule has 3 rings (SSSR count). The SMILES string of the molecule is C=c1s/c(=C\c2ccc(O)c(OC)c2)c(=O)n1-c1cccc(C)c1. The fourth-order valence-corrected chi connectivity index (χ4v) is 3.40. The predicted octanol–water partition coefficient (Wildman–Crippen LogP) is 2.16. The molecule has 1 N–H and O–H groups in total. The Morgan fingerprint density at radius 2 is 2.04 bits per heavy atom. The lowest BCUT2D eigenvalue weighted by Gasteiger charge is -2.03. The number of phenols is 1. The number of thiazole rings is 1. The molecule has 0 fully saturated rings. The van der Waals surface area contributed by atoms with Crippen molar-refractivity contribution >= 4 is 24.0 Å². The topological polar surface area (TPSA) is 51.5 Å². The van der Waals surface area contributed by atoms with Crippen LogP contribution < -0.4 is 19.5 Å². The summed E-state index contributed by atoms with van der Waals surface area (Å²) in [4.78, 5) is 12.7. The van der Waals surface area contributed by atoms with Crippen molar-refractivity contribution in [2.24, 2.45) is 0 Å². The van der Waals surface area contributed by atoms with E-state index in [1.165, 1.54) is 18.4 Å². The van der Waals surface area contributed by atoms with Crippen molar-refractivity contribution in [3.8, 4) is 17.2 Å². The highest BCUT2D eigenvalue weighted by Gasteiger charge is 2.07. The molecule has 0 radical (unpaired) electrons. The van der Waals surface area contributed by atoms with Crippen LogP contribution in [0, 0.1) is 6.92 Å². The Bertz CT molecular complexity index is 1060. The minimum atomic E-state index is -0.109. The van der Waals surface area contributed by atoms with Crippen LogP contribution in [0.15, 0.2) is 47.3 Å². The Morgan fingerprint density at radius 3 is 2.75 bits per heavy atom. The molecule has 122 valence electrons. The highest BCUT2D eigenvalue weighted by Crippen LogP contribution is 2.26. The summed E-state index contributed by atoms with van der Waals surface area (Å²) in [5, 5.41) is 9.67. The Labute approximate surface area is 143 Å². The van der Waals surface area contributed by atoms with Crippen LogP contribution in [0.5, 0.6) is 11.5 Å². The third-order valence-corrected chi connectivity index (χ3v) is 4.58. The van der Waals surface area contributed by atoms with Crippen molar-refractivity contribution in [1.82, 2.24) is 4.57 Å². The van der Waals surface area contributed by atoms with Gasteiger partial charge in [-0.1, -0.05) is 24.8 Å². The third-order valence-electron chi connectivity index (χ3n) is 3.65. The van der Waals surface area contributed by atoms with Gasteiger partial charge in [0, 0.05) is 0 Å². The highest BCUT2D eigenvalue weighted by molar-refractivity contribution is 7.07. The van der Waals surface area contributed by atoms with E-state index in [1.807, 2.05) is 31.2 Å². The number of aryl methyl sites for hydroxylation is 1. The number of hydrogen-bond acceptors (Lipinski definition) is 4. The zero-order chi connectivity index (χ0) is 17.3. The smallest absolute Gasteiger partial charge is 0.273 e. The number of phenolic OH excluding ortho intramolecular Hbond substituents is 1. The number of rotatable bonds is 3. The van der Waals surface area contributed by atoms with E-state index in [0.717, 1.165) is 16.8 Å². The lowest BCUT2D eigenvalue weighted by atomic mass is 10.2. The molecular weight excluding hydrogens is 322 g/mol. The van der Waals surface area contributed by atoms with Crippen LogP contribution in [0.1, 0.15) is 11.1 Å². The van der Waals surface area contributed by atoms with Crippen LogP contribution in [-0.2, 0) is 0 Å². The van der Waals surface area contributed by atoms with Gasteiger partial charge in [-0.25, -0.2) is 0 Å². The number of hydrogen-bond donors (Lipinski definition) is 1. The van der Waals surface area contributed by atoms with E-state index in [4.69, 9.17) is 4.74 Å². The molecule has 0 aliphatic heterocycles. The maximum Gasteiger partial charge on any atom is 0.273 e. The van der Waals surface area contributed by atoms with Gasteiger partial charge in [0.2, 0.25) is 0 Å². The minimum absolute atomic E-state index is 0.0656. The maximum atomic E-state index is 12.7. The van der Waals surface area contributed by atoms with Gasteiger partial charge in [0.1, 0.15) is 0 Å². The summed E-state index contributed by atoms with van der Waals surface area (Å²) in [5.74, 6) is 0.435. The first-order valence-corrected chi connectivity index (χ1v) is 8.18. The summed E-state index contributed by atoms with van der Waals surface area (Å²) in [5.41, 5.74) is 2.56.